The molecule has 0 atom stereocenters. The fourth-order valence-corrected chi connectivity index (χ4v) is 4.87. The lowest BCUT2D eigenvalue weighted by atomic mass is 9.98. The van der Waals surface area contributed by atoms with E-state index in [1.807, 2.05) is 23.5 Å². The Hall–Kier alpha value is -2.42. The second-order valence-corrected chi connectivity index (χ2v) is 8.66. The van der Waals surface area contributed by atoms with Crippen LogP contribution in [-0.4, -0.2) is 0 Å². The highest BCUT2D eigenvalue weighted by molar-refractivity contribution is 7.98. The van der Waals surface area contributed by atoms with Crippen molar-refractivity contribution in [1.29, 1.82) is 0 Å². The molecule has 0 nitrogen and oxygen atoms in total. The van der Waals surface area contributed by atoms with Crippen molar-refractivity contribution >= 4 is 23.5 Å². The number of hydrogen-bond acceptors (Lipinski definition) is 2. The van der Waals surface area contributed by atoms with Crippen LogP contribution in [0.25, 0.3) is 11.1 Å². The first-order valence-corrected chi connectivity index (χ1v) is 11.4. The zero-order chi connectivity index (χ0) is 19.0. The lowest BCUT2D eigenvalue weighted by Gasteiger charge is -2.13. The van der Waals surface area contributed by atoms with E-state index < -0.39 is 0 Å². The van der Waals surface area contributed by atoms with Gasteiger partial charge < -0.3 is 0 Å². The Morgan fingerprint density at radius 2 is 1.04 bits per heavy atom. The quantitative estimate of drug-likeness (QED) is 0.290. The Morgan fingerprint density at radius 1 is 0.500 bits per heavy atom. The molecule has 0 amide bonds. The second kappa shape index (κ2) is 9.68. The molecule has 0 saturated carbocycles. The summed E-state index contributed by atoms with van der Waals surface area (Å²) in [6.07, 6.45) is 0. The van der Waals surface area contributed by atoms with Crippen molar-refractivity contribution < 1.29 is 0 Å². The summed E-state index contributed by atoms with van der Waals surface area (Å²) in [6.45, 7) is 0. The van der Waals surface area contributed by atoms with Gasteiger partial charge in [0, 0.05) is 21.3 Å². The van der Waals surface area contributed by atoms with Gasteiger partial charge in [0.2, 0.25) is 0 Å². The first kappa shape index (κ1) is 18.9. The molecule has 28 heavy (non-hydrogen) atoms. The standard InChI is InChI=1S/C26H22S2/c1-4-10-22(11-5-1)26-18-21(19-27-24-12-6-2-7-13-24)16-17-23(26)20-28-25-14-8-3-9-15-25/h1-18H,19-20H2. The summed E-state index contributed by atoms with van der Waals surface area (Å²) in [5.41, 5.74) is 5.38. The van der Waals surface area contributed by atoms with Gasteiger partial charge >= 0.3 is 0 Å². The Kier molecular flexibility index (Phi) is 6.54. The molecule has 0 aliphatic rings. The Morgan fingerprint density at radius 3 is 1.64 bits per heavy atom. The van der Waals surface area contributed by atoms with E-state index in [1.54, 1.807) is 0 Å². The molecule has 0 fully saturated rings. The van der Waals surface area contributed by atoms with E-state index in [-0.39, 0.29) is 0 Å². The van der Waals surface area contributed by atoms with Gasteiger partial charge in [0.1, 0.15) is 0 Å². The second-order valence-electron chi connectivity index (χ2n) is 6.56. The van der Waals surface area contributed by atoms with Crippen LogP contribution in [0.5, 0.6) is 0 Å². The van der Waals surface area contributed by atoms with Crippen LogP contribution in [0.1, 0.15) is 11.1 Å². The maximum atomic E-state index is 2.37. The van der Waals surface area contributed by atoms with Crippen LogP contribution in [0.4, 0.5) is 0 Å². The molecule has 0 heterocycles. The van der Waals surface area contributed by atoms with Crippen molar-refractivity contribution in [3.05, 3.63) is 120 Å². The molecule has 0 aromatic heterocycles. The molecule has 4 aromatic carbocycles. The minimum absolute atomic E-state index is 0.973. The molecule has 138 valence electrons. The molecular formula is C26H22S2. The molecule has 0 spiro atoms. The van der Waals surface area contributed by atoms with Gasteiger partial charge in [-0.2, -0.15) is 0 Å². The van der Waals surface area contributed by atoms with Crippen LogP contribution in [0.3, 0.4) is 0 Å². The summed E-state index contributed by atoms with van der Waals surface area (Å²) >= 11 is 3.78. The molecule has 0 unspecified atom stereocenters. The minimum atomic E-state index is 0.973. The number of hydrogen-bond donors (Lipinski definition) is 0. The number of benzene rings is 4. The number of thioether (sulfide) groups is 2. The molecule has 0 bridgehead atoms. The summed E-state index contributed by atoms with van der Waals surface area (Å²) in [7, 11) is 0. The van der Waals surface area contributed by atoms with Gasteiger partial charge in [-0.05, 0) is 52.6 Å². The van der Waals surface area contributed by atoms with Crippen LogP contribution in [-0.2, 0) is 11.5 Å². The highest BCUT2D eigenvalue weighted by Gasteiger charge is 2.08. The van der Waals surface area contributed by atoms with E-state index in [2.05, 4.69) is 109 Å². The lowest BCUT2D eigenvalue weighted by molar-refractivity contribution is 1.32. The zero-order valence-electron chi connectivity index (χ0n) is 15.6. The molecular weight excluding hydrogens is 376 g/mol. The van der Waals surface area contributed by atoms with Crippen molar-refractivity contribution in [3.8, 4) is 11.1 Å². The third kappa shape index (κ3) is 5.09. The van der Waals surface area contributed by atoms with Gasteiger partial charge in [0.05, 0.1) is 0 Å². The molecule has 2 heteroatoms. The monoisotopic (exact) mass is 398 g/mol. The van der Waals surface area contributed by atoms with Crippen molar-refractivity contribution in [1.82, 2.24) is 0 Å². The summed E-state index contributed by atoms with van der Waals surface area (Å²) in [5.74, 6) is 1.95. The van der Waals surface area contributed by atoms with Crippen LogP contribution < -0.4 is 0 Å². The molecule has 4 rings (SSSR count). The lowest BCUT2D eigenvalue weighted by Crippen LogP contribution is -1.91. The van der Waals surface area contributed by atoms with Gasteiger partial charge in [-0.3, -0.25) is 0 Å². The van der Waals surface area contributed by atoms with E-state index in [0.717, 1.165) is 11.5 Å². The molecule has 4 aromatic rings. The van der Waals surface area contributed by atoms with E-state index in [0.29, 0.717) is 0 Å². The maximum Gasteiger partial charge on any atom is 0.0238 e. The van der Waals surface area contributed by atoms with E-state index in [1.165, 1.54) is 32.0 Å². The highest BCUT2D eigenvalue weighted by Crippen LogP contribution is 2.32. The highest BCUT2D eigenvalue weighted by atomic mass is 32.2. The van der Waals surface area contributed by atoms with E-state index in [4.69, 9.17) is 0 Å². The van der Waals surface area contributed by atoms with E-state index >= 15 is 0 Å². The van der Waals surface area contributed by atoms with Crippen LogP contribution >= 0.6 is 23.5 Å². The van der Waals surface area contributed by atoms with Gasteiger partial charge in [-0.1, -0.05) is 78.9 Å². The van der Waals surface area contributed by atoms with E-state index in [9.17, 15) is 0 Å². The smallest absolute Gasteiger partial charge is 0.0238 e. The molecule has 0 N–H and O–H groups in total. The maximum absolute atomic E-state index is 2.37. The Labute approximate surface area is 176 Å². The Bertz CT molecular complexity index is 996. The Balaban J connectivity index is 1.57. The molecule has 0 radical (unpaired) electrons. The first-order chi connectivity index (χ1) is 13.9. The third-order valence-electron chi connectivity index (χ3n) is 4.55. The average molecular weight is 399 g/mol. The predicted molar refractivity (Wildman–Crippen MR) is 124 cm³/mol. The molecule has 0 saturated heterocycles. The zero-order valence-corrected chi connectivity index (χ0v) is 17.3. The summed E-state index contributed by atoms with van der Waals surface area (Å²) in [5, 5.41) is 0. The fourth-order valence-electron chi connectivity index (χ4n) is 3.09. The topological polar surface area (TPSA) is 0 Å². The summed E-state index contributed by atoms with van der Waals surface area (Å²) in [4.78, 5) is 2.62. The normalized spacial score (nSPS) is 10.7. The van der Waals surface area contributed by atoms with Crippen molar-refractivity contribution in [2.24, 2.45) is 0 Å². The van der Waals surface area contributed by atoms with Gasteiger partial charge in [0.15, 0.2) is 0 Å². The number of rotatable bonds is 7. The van der Waals surface area contributed by atoms with Gasteiger partial charge in [-0.25, -0.2) is 0 Å². The molecule has 0 aliphatic heterocycles. The average Bonchev–Trinajstić information content (AvgIpc) is 2.78. The van der Waals surface area contributed by atoms with Crippen LogP contribution in [0.2, 0.25) is 0 Å². The predicted octanol–water partition coefficient (Wildman–Crippen LogP) is 7.94. The SMILES string of the molecule is c1ccc(SCc2ccc(CSc3ccccc3)c(-c3ccccc3)c2)cc1. The summed E-state index contributed by atoms with van der Waals surface area (Å²) < 4.78 is 0. The van der Waals surface area contributed by atoms with Gasteiger partial charge in [-0.15, -0.1) is 23.5 Å². The minimum Gasteiger partial charge on any atom is -0.121 e. The first-order valence-electron chi connectivity index (χ1n) is 9.41. The van der Waals surface area contributed by atoms with Crippen LogP contribution in [0.15, 0.2) is 119 Å². The molecule has 0 aliphatic carbocycles. The third-order valence-corrected chi connectivity index (χ3v) is 6.69. The van der Waals surface area contributed by atoms with Crippen molar-refractivity contribution in [2.75, 3.05) is 0 Å². The van der Waals surface area contributed by atoms with Gasteiger partial charge in [0.25, 0.3) is 0 Å². The van der Waals surface area contributed by atoms with Crippen molar-refractivity contribution in [2.45, 2.75) is 21.3 Å². The largest absolute Gasteiger partial charge is 0.121 e. The summed E-state index contributed by atoms with van der Waals surface area (Å²) in [6, 6.07) is 38.9. The van der Waals surface area contributed by atoms with Crippen LogP contribution in [0, 0.1) is 0 Å². The fraction of sp³-hybridized carbons (Fsp3) is 0.0769. The van der Waals surface area contributed by atoms with Crippen molar-refractivity contribution in [3.63, 3.8) is 0 Å².